The fourth-order valence-electron chi connectivity index (χ4n) is 2.37. The molecule has 0 amide bonds. The summed E-state index contributed by atoms with van der Waals surface area (Å²) in [5, 5.41) is 15.3. The Hall–Kier alpha value is -1.75. The molecule has 0 aliphatic carbocycles. The van der Waals surface area contributed by atoms with Gasteiger partial charge < -0.3 is 20.5 Å². The number of fused-ring (bicyclic) bond motifs is 1. The Kier molecular flexibility index (Phi) is 4.49. The lowest BCUT2D eigenvalue weighted by Crippen LogP contribution is -2.40. The van der Waals surface area contributed by atoms with Gasteiger partial charge in [0.05, 0.1) is 12.2 Å². The van der Waals surface area contributed by atoms with Crippen LogP contribution in [0.5, 0.6) is 5.75 Å². The predicted molar refractivity (Wildman–Crippen MR) is 78.4 cm³/mol. The molecule has 5 heteroatoms. The van der Waals surface area contributed by atoms with E-state index in [2.05, 4.69) is 16.7 Å². The molecule has 1 aliphatic rings. The highest BCUT2D eigenvalue weighted by atomic mass is 16.5. The van der Waals surface area contributed by atoms with Crippen LogP contribution in [0.4, 0.5) is 5.69 Å². The van der Waals surface area contributed by atoms with Crippen molar-refractivity contribution in [2.45, 2.75) is 45.4 Å². The van der Waals surface area contributed by atoms with Gasteiger partial charge in [-0.1, -0.05) is 6.07 Å². The van der Waals surface area contributed by atoms with Crippen molar-refractivity contribution in [3.05, 3.63) is 23.8 Å². The van der Waals surface area contributed by atoms with E-state index >= 15 is 0 Å². The Bertz CT molecular complexity index is 490. The van der Waals surface area contributed by atoms with Crippen molar-refractivity contribution < 1.29 is 14.6 Å². The first-order valence-electron chi connectivity index (χ1n) is 6.98. The minimum absolute atomic E-state index is 0.0996. The molecule has 1 aromatic rings. The molecular formula is C15H22N2O3. The number of benzene rings is 1. The standard InChI is InChI=1S/C15H22N2O3/c1-9(17-11(3)15(18)19)6-12-4-5-14-13(7-12)16-8-10(2)20-14/h4-5,7,9-11,16-17H,6,8H2,1-3H3,(H,18,19). The lowest BCUT2D eigenvalue weighted by molar-refractivity contribution is -0.139. The number of nitrogens with one attached hydrogen (secondary N) is 2. The smallest absolute Gasteiger partial charge is 0.320 e. The highest BCUT2D eigenvalue weighted by Gasteiger charge is 2.17. The predicted octanol–water partition coefficient (Wildman–Crippen LogP) is 1.87. The van der Waals surface area contributed by atoms with Gasteiger partial charge in [-0.25, -0.2) is 0 Å². The van der Waals surface area contributed by atoms with Crippen LogP contribution in [0.1, 0.15) is 26.3 Å². The maximum atomic E-state index is 10.8. The number of hydrogen-bond donors (Lipinski definition) is 3. The van der Waals surface area contributed by atoms with Crippen molar-refractivity contribution in [2.75, 3.05) is 11.9 Å². The molecule has 0 fully saturated rings. The van der Waals surface area contributed by atoms with E-state index in [1.54, 1.807) is 6.92 Å². The summed E-state index contributed by atoms with van der Waals surface area (Å²) >= 11 is 0. The average Bonchev–Trinajstić information content (AvgIpc) is 2.38. The second-order valence-electron chi connectivity index (χ2n) is 5.47. The number of hydrogen-bond acceptors (Lipinski definition) is 4. The third-order valence-corrected chi connectivity index (χ3v) is 3.40. The summed E-state index contributed by atoms with van der Waals surface area (Å²) in [6.45, 7) is 6.48. The van der Waals surface area contributed by atoms with Crippen molar-refractivity contribution in [3.8, 4) is 5.75 Å². The quantitative estimate of drug-likeness (QED) is 0.767. The summed E-state index contributed by atoms with van der Waals surface area (Å²) in [6.07, 6.45) is 0.965. The molecule has 3 N–H and O–H groups in total. The number of carboxylic acid groups (broad SMARTS) is 1. The topological polar surface area (TPSA) is 70.6 Å². The van der Waals surface area contributed by atoms with Crippen molar-refractivity contribution in [3.63, 3.8) is 0 Å². The third kappa shape index (κ3) is 3.63. The van der Waals surface area contributed by atoms with Gasteiger partial charge in [-0.05, 0) is 44.9 Å². The van der Waals surface area contributed by atoms with Gasteiger partial charge in [-0.2, -0.15) is 0 Å². The van der Waals surface area contributed by atoms with Crippen molar-refractivity contribution in [1.29, 1.82) is 0 Å². The Morgan fingerprint density at radius 1 is 1.55 bits per heavy atom. The van der Waals surface area contributed by atoms with E-state index in [-0.39, 0.29) is 12.1 Å². The van der Waals surface area contributed by atoms with Crippen LogP contribution >= 0.6 is 0 Å². The van der Waals surface area contributed by atoms with Crippen LogP contribution in [0.15, 0.2) is 18.2 Å². The maximum absolute atomic E-state index is 10.8. The van der Waals surface area contributed by atoms with E-state index in [1.807, 2.05) is 26.0 Å². The number of anilines is 1. The van der Waals surface area contributed by atoms with Crippen molar-refractivity contribution in [2.24, 2.45) is 0 Å². The first-order chi connectivity index (χ1) is 9.45. The molecule has 3 atom stereocenters. The second kappa shape index (κ2) is 6.13. The number of carboxylic acids is 1. The van der Waals surface area contributed by atoms with Gasteiger partial charge in [0, 0.05) is 6.04 Å². The summed E-state index contributed by atoms with van der Waals surface area (Å²) in [5.74, 6) is 0.0540. The van der Waals surface area contributed by atoms with Gasteiger partial charge in [0.1, 0.15) is 17.9 Å². The van der Waals surface area contributed by atoms with Crippen LogP contribution in [-0.2, 0) is 11.2 Å². The van der Waals surface area contributed by atoms with Crippen molar-refractivity contribution >= 4 is 11.7 Å². The molecule has 0 saturated carbocycles. The lowest BCUT2D eigenvalue weighted by Gasteiger charge is -2.25. The summed E-state index contributed by atoms with van der Waals surface area (Å²) in [4.78, 5) is 10.8. The molecule has 3 unspecified atom stereocenters. The van der Waals surface area contributed by atoms with Gasteiger partial charge in [0.2, 0.25) is 0 Å². The molecule has 2 rings (SSSR count). The van der Waals surface area contributed by atoms with E-state index < -0.39 is 12.0 Å². The minimum atomic E-state index is -0.827. The number of ether oxygens (including phenoxy) is 1. The first-order valence-corrected chi connectivity index (χ1v) is 6.98. The van der Waals surface area contributed by atoms with Crippen LogP contribution in [0.2, 0.25) is 0 Å². The third-order valence-electron chi connectivity index (χ3n) is 3.40. The molecule has 0 radical (unpaired) electrons. The molecule has 110 valence electrons. The number of rotatable bonds is 5. The molecule has 1 heterocycles. The van der Waals surface area contributed by atoms with E-state index in [0.29, 0.717) is 0 Å². The summed E-state index contributed by atoms with van der Waals surface area (Å²) in [5.41, 5.74) is 2.17. The van der Waals surface area contributed by atoms with Crippen LogP contribution < -0.4 is 15.4 Å². The molecule has 1 aliphatic heterocycles. The summed E-state index contributed by atoms with van der Waals surface area (Å²) in [7, 11) is 0. The normalized spacial score (nSPS) is 20.2. The van der Waals surface area contributed by atoms with Gasteiger partial charge >= 0.3 is 5.97 Å². The highest BCUT2D eigenvalue weighted by Crippen LogP contribution is 2.30. The molecular weight excluding hydrogens is 256 g/mol. The Morgan fingerprint density at radius 2 is 2.30 bits per heavy atom. The molecule has 0 aromatic heterocycles. The van der Waals surface area contributed by atoms with Gasteiger partial charge in [-0.15, -0.1) is 0 Å². The molecule has 5 nitrogen and oxygen atoms in total. The fraction of sp³-hybridized carbons (Fsp3) is 0.533. The largest absolute Gasteiger partial charge is 0.487 e. The zero-order valence-electron chi connectivity index (χ0n) is 12.1. The zero-order valence-corrected chi connectivity index (χ0v) is 12.1. The minimum Gasteiger partial charge on any atom is -0.487 e. The van der Waals surface area contributed by atoms with Crippen LogP contribution in [0.25, 0.3) is 0 Å². The van der Waals surface area contributed by atoms with E-state index in [9.17, 15) is 4.79 Å². The molecule has 0 saturated heterocycles. The van der Waals surface area contributed by atoms with E-state index in [4.69, 9.17) is 9.84 Å². The van der Waals surface area contributed by atoms with Crippen LogP contribution in [-0.4, -0.2) is 35.8 Å². The van der Waals surface area contributed by atoms with Gasteiger partial charge in [0.25, 0.3) is 0 Å². The Labute approximate surface area is 119 Å². The molecule has 1 aromatic carbocycles. The van der Waals surface area contributed by atoms with Crippen LogP contribution in [0.3, 0.4) is 0 Å². The van der Waals surface area contributed by atoms with E-state index in [0.717, 1.165) is 30.0 Å². The maximum Gasteiger partial charge on any atom is 0.320 e. The number of aliphatic carboxylic acids is 1. The second-order valence-corrected chi connectivity index (χ2v) is 5.47. The monoisotopic (exact) mass is 278 g/mol. The molecule has 0 bridgehead atoms. The molecule has 0 spiro atoms. The fourth-order valence-corrected chi connectivity index (χ4v) is 2.37. The van der Waals surface area contributed by atoms with Gasteiger partial charge in [0.15, 0.2) is 0 Å². The number of carbonyl (C=O) groups is 1. The van der Waals surface area contributed by atoms with Crippen LogP contribution in [0, 0.1) is 0 Å². The first kappa shape index (κ1) is 14.7. The van der Waals surface area contributed by atoms with Gasteiger partial charge in [-0.3, -0.25) is 4.79 Å². The summed E-state index contributed by atoms with van der Waals surface area (Å²) in [6, 6.07) is 5.64. The SMILES string of the molecule is CC(Cc1ccc2c(c1)NCC(C)O2)NC(C)C(=O)O. The average molecular weight is 278 g/mol. The van der Waals surface area contributed by atoms with Crippen molar-refractivity contribution in [1.82, 2.24) is 5.32 Å². The summed E-state index contributed by atoms with van der Waals surface area (Å²) < 4.78 is 5.73. The van der Waals surface area contributed by atoms with E-state index in [1.165, 1.54) is 0 Å². The highest BCUT2D eigenvalue weighted by molar-refractivity contribution is 5.72. The zero-order chi connectivity index (χ0) is 14.7. The lowest BCUT2D eigenvalue weighted by atomic mass is 10.0. The molecule has 20 heavy (non-hydrogen) atoms. The Balaban J connectivity index is 1.98. The Morgan fingerprint density at radius 3 is 3.00 bits per heavy atom.